The molecule has 6 rings (SSSR count). The second-order valence-electron chi connectivity index (χ2n) is 10.0. The minimum Gasteiger partial charge on any atom is -0.368 e. The van der Waals surface area contributed by atoms with Gasteiger partial charge in [0.1, 0.15) is 0 Å². The predicted molar refractivity (Wildman–Crippen MR) is 161 cm³/mol. The molecule has 0 N–H and O–H groups in total. The van der Waals surface area contributed by atoms with Crippen LogP contribution in [0.25, 0.3) is 0 Å². The van der Waals surface area contributed by atoms with Crippen LogP contribution in [0.4, 0.5) is 17.1 Å². The van der Waals surface area contributed by atoms with Gasteiger partial charge in [-0.25, -0.2) is 4.21 Å². The van der Waals surface area contributed by atoms with Crippen molar-refractivity contribution in [2.24, 2.45) is 0 Å². The monoisotopic (exact) mass is 600 g/mol. The molecule has 2 aliphatic heterocycles. The van der Waals surface area contributed by atoms with Crippen molar-refractivity contribution in [2.45, 2.75) is 16.3 Å². The van der Waals surface area contributed by atoms with Crippen LogP contribution in [0.2, 0.25) is 5.02 Å². The van der Waals surface area contributed by atoms with Crippen molar-refractivity contribution in [3.63, 3.8) is 0 Å². The highest BCUT2D eigenvalue weighted by Crippen LogP contribution is 2.36. The second kappa shape index (κ2) is 11.4. The van der Waals surface area contributed by atoms with Crippen LogP contribution in [0.1, 0.15) is 26.3 Å². The molecule has 0 spiro atoms. The van der Waals surface area contributed by atoms with E-state index in [0.717, 1.165) is 11.3 Å². The van der Waals surface area contributed by atoms with Crippen LogP contribution in [0, 0.1) is 10.1 Å². The van der Waals surface area contributed by atoms with Gasteiger partial charge in [-0.1, -0.05) is 35.9 Å². The lowest BCUT2D eigenvalue weighted by Crippen LogP contribution is -2.48. The molecule has 4 aromatic carbocycles. The highest BCUT2D eigenvalue weighted by Gasteiger charge is 2.32. The van der Waals surface area contributed by atoms with E-state index in [1.807, 2.05) is 12.1 Å². The van der Waals surface area contributed by atoms with E-state index in [1.165, 1.54) is 12.1 Å². The molecule has 2 amide bonds. The summed E-state index contributed by atoms with van der Waals surface area (Å²) in [5.41, 5.74) is 2.85. The molecule has 1 atom stereocenters. The topological polar surface area (TPSA) is 104 Å². The summed E-state index contributed by atoms with van der Waals surface area (Å²) in [7, 11) is -1.63. The first-order valence-electron chi connectivity index (χ1n) is 13.3. The Kier molecular flexibility index (Phi) is 7.49. The third-order valence-electron chi connectivity index (χ3n) is 7.48. The largest absolute Gasteiger partial charge is 0.368 e. The summed E-state index contributed by atoms with van der Waals surface area (Å²) in [4.78, 5) is 44.3. The first-order valence-corrected chi connectivity index (χ1v) is 14.8. The molecule has 0 aromatic heterocycles. The minimum atomic E-state index is -1.63. The quantitative estimate of drug-likeness (QED) is 0.220. The normalized spacial score (nSPS) is 16.5. The smallest absolute Gasteiger partial charge is 0.269 e. The summed E-state index contributed by atoms with van der Waals surface area (Å²) >= 11 is 6.22. The van der Waals surface area contributed by atoms with Crippen LogP contribution >= 0.6 is 11.6 Å². The molecular formula is C31H25ClN4O5S. The van der Waals surface area contributed by atoms with E-state index in [-0.39, 0.29) is 24.0 Å². The van der Waals surface area contributed by atoms with Crippen LogP contribution in [-0.2, 0) is 17.3 Å². The van der Waals surface area contributed by atoms with Gasteiger partial charge in [-0.2, -0.15) is 0 Å². The van der Waals surface area contributed by atoms with Crippen molar-refractivity contribution in [1.82, 2.24) is 4.90 Å². The van der Waals surface area contributed by atoms with Gasteiger partial charge in [0, 0.05) is 54.6 Å². The molecule has 9 nitrogen and oxygen atoms in total. The number of benzene rings is 4. The summed E-state index contributed by atoms with van der Waals surface area (Å²) in [5.74, 6) is -0.497. The summed E-state index contributed by atoms with van der Waals surface area (Å²) in [6.45, 7) is 2.22. The average Bonchev–Trinajstić information content (AvgIpc) is 3.10. The molecule has 2 aliphatic rings. The fourth-order valence-electron chi connectivity index (χ4n) is 5.31. The summed E-state index contributed by atoms with van der Waals surface area (Å²) in [5, 5.41) is 11.5. The number of nitro benzene ring substituents is 1. The number of hydrogen-bond acceptors (Lipinski definition) is 6. The molecule has 0 radical (unpaired) electrons. The van der Waals surface area contributed by atoms with Gasteiger partial charge in [-0.05, 0) is 60.2 Å². The number of amides is 2. The molecule has 0 bridgehead atoms. The Morgan fingerprint density at radius 2 is 1.62 bits per heavy atom. The van der Waals surface area contributed by atoms with Gasteiger partial charge in [0.15, 0.2) is 0 Å². The van der Waals surface area contributed by atoms with Gasteiger partial charge in [-0.3, -0.25) is 19.7 Å². The van der Waals surface area contributed by atoms with Gasteiger partial charge >= 0.3 is 0 Å². The lowest BCUT2D eigenvalue weighted by molar-refractivity contribution is -0.384. The van der Waals surface area contributed by atoms with Crippen LogP contribution in [-0.4, -0.2) is 52.0 Å². The van der Waals surface area contributed by atoms with Crippen molar-refractivity contribution in [1.29, 1.82) is 0 Å². The van der Waals surface area contributed by atoms with E-state index in [2.05, 4.69) is 4.90 Å². The van der Waals surface area contributed by atoms with Crippen LogP contribution in [0.3, 0.4) is 0 Å². The van der Waals surface area contributed by atoms with Gasteiger partial charge in [0.05, 0.1) is 43.3 Å². The molecule has 0 saturated carbocycles. The van der Waals surface area contributed by atoms with Crippen molar-refractivity contribution in [3.05, 3.63) is 123 Å². The number of piperazine rings is 1. The van der Waals surface area contributed by atoms with Crippen LogP contribution in [0.5, 0.6) is 0 Å². The van der Waals surface area contributed by atoms with Gasteiger partial charge in [-0.15, -0.1) is 0 Å². The molecule has 11 heteroatoms. The number of carbonyl (C=O) groups is 2. The molecule has 2 heterocycles. The van der Waals surface area contributed by atoms with E-state index < -0.39 is 15.7 Å². The number of rotatable bonds is 5. The number of fused-ring (bicyclic) bond motifs is 2. The number of hydrogen-bond donors (Lipinski definition) is 0. The molecule has 0 unspecified atom stereocenters. The Labute approximate surface area is 249 Å². The lowest BCUT2D eigenvalue weighted by atomic mass is 10.1. The summed E-state index contributed by atoms with van der Waals surface area (Å²) in [6, 6.07) is 25.4. The van der Waals surface area contributed by atoms with Gasteiger partial charge < -0.3 is 14.7 Å². The Bertz CT molecular complexity index is 1740. The Hall–Kier alpha value is -4.54. The first kappa shape index (κ1) is 27.6. The van der Waals surface area contributed by atoms with E-state index in [1.54, 1.807) is 76.5 Å². The number of nitrogens with zero attached hydrogens (tertiary/aromatic N) is 4. The molecule has 212 valence electrons. The van der Waals surface area contributed by atoms with E-state index in [4.69, 9.17) is 11.6 Å². The SMILES string of the molecule is O=C(c1ccc2c(c1)N(Cc1cccc(Cl)c1)C(=O)c1ccccc1[S@]2=O)N1CCN(c2ccc([N+](=O)[O-])cc2)CC1. The van der Waals surface area contributed by atoms with Crippen LogP contribution < -0.4 is 9.80 Å². The Morgan fingerprint density at radius 1 is 0.881 bits per heavy atom. The Balaban J connectivity index is 1.28. The maximum absolute atomic E-state index is 13.9. The van der Waals surface area contributed by atoms with Crippen molar-refractivity contribution in [2.75, 3.05) is 36.0 Å². The molecule has 42 heavy (non-hydrogen) atoms. The van der Waals surface area contributed by atoms with E-state index in [0.29, 0.717) is 57.8 Å². The van der Waals surface area contributed by atoms with E-state index >= 15 is 0 Å². The maximum atomic E-state index is 13.9. The van der Waals surface area contributed by atoms with Crippen molar-refractivity contribution in [3.8, 4) is 0 Å². The zero-order chi connectivity index (χ0) is 29.4. The summed E-state index contributed by atoms with van der Waals surface area (Å²) < 4.78 is 13.7. The van der Waals surface area contributed by atoms with Gasteiger partial charge in [0.25, 0.3) is 17.5 Å². The molecule has 0 aliphatic carbocycles. The van der Waals surface area contributed by atoms with Crippen molar-refractivity contribution >= 4 is 51.3 Å². The average molecular weight is 601 g/mol. The zero-order valence-corrected chi connectivity index (χ0v) is 23.9. The lowest BCUT2D eigenvalue weighted by Gasteiger charge is -2.36. The minimum absolute atomic E-state index is 0.0303. The fourth-order valence-corrected chi connectivity index (χ4v) is 6.86. The van der Waals surface area contributed by atoms with Crippen molar-refractivity contribution < 1.29 is 18.7 Å². The predicted octanol–water partition coefficient (Wildman–Crippen LogP) is 5.54. The second-order valence-corrected chi connectivity index (χ2v) is 11.9. The molecule has 1 fully saturated rings. The molecule has 4 aromatic rings. The van der Waals surface area contributed by atoms with Gasteiger partial charge in [0.2, 0.25) is 0 Å². The number of non-ortho nitro benzene ring substituents is 1. The summed E-state index contributed by atoms with van der Waals surface area (Å²) in [6.07, 6.45) is 0. The standard InChI is InChI=1S/C31H25ClN4O5S/c32-23-5-3-4-21(18-23)20-35-27-19-22(8-13-29(27)42(41)28-7-2-1-6-26(28)31(35)38)30(37)34-16-14-33(15-17-34)24-9-11-25(12-10-24)36(39)40/h1-13,18-19H,14-17,20H2/t42-/m1/s1. The third-order valence-corrected chi connectivity index (χ3v) is 9.22. The van der Waals surface area contributed by atoms with E-state index in [9.17, 15) is 23.9 Å². The maximum Gasteiger partial charge on any atom is 0.269 e. The third kappa shape index (κ3) is 5.26. The first-order chi connectivity index (χ1) is 20.3. The number of nitro groups is 1. The Morgan fingerprint density at radius 3 is 2.33 bits per heavy atom. The molecule has 1 saturated heterocycles. The fraction of sp³-hybridized carbons (Fsp3) is 0.161. The number of halogens is 1. The highest BCUT2D eigenvalue weighted by molar-refractivity contribution is 7.85. The zero-order valence-electron chi connectivity index (χ0n) is 22.3. The number of carbonyl (C=O) groups excluding carboxylic acids is 2. The highest BCUT2D eigenvalue weighted by atomic mass is 35.5. The molecular weight excluding hydrogens is 576 g/mol. The number of anilines is 2. The van der Waals surface area contributed by atoms with Crippen LogP contribution in [0.15, 0.2) is 101 Å².